The molecule has 0 saturated heterocycles. The number of rotatable bonds is 6. The van der Waals surface area contributed by atoms with Crippen LogP contribution in [0.25, 0.3) is 0 Å². The molecule has 112 valence electrons. The molecule has 0 amide bonds. The van der Waals surface area contributed by atoms with Crippen LogP contribution in [0.4, 0.5) is 0 Å². The minimum absolute atomic E-state index is 0.470. The average Bonchev–Trinajstić information content (AvgIpc) is 2.85. The van der Waals surface area contributed by atoms with Crippen LogP contribution in [0.2, 0.25) is 0 Å². The second-order valence-corrected chi connectivity index (χ2v) is 6.92. The van der Waals surface area contributed by atoms with Crippen LogP contribution in [0.3, 0.4) is 0 Å². The SMILES string of the molecule is CCCc1nc(C2CCC(CCC)CC2)sc1C(=O)O. The molecule has 1 aliphatic rings. The first kappa shape index (κ1) is 15.5. The van der Waals surface area contributed by atoms with E-state index >= 15 is 0 Å². The summed E-state index contributed by atoms with van der Waals surface area (Å²) in [5.41, 5.74) is 0.802. The first-order valence-corrected chi connectivity index (χ1v) is 8.70. The molecule has 2 rings (SSSR count). The summed E-state index contributed by atoms with van der Waals surface area (Å²) in [6.07, 6.45) is 9.28. The van der Waals surface area contributed by atoms with E-state index in [2.05, 4.69) is 18.8 Å². The van der Waals surface area contributed by atoms with Gasteiger partial charge in [-0.2, -0.15) is 0 Å². The summed E-state index contributed by atoms with van der Waals surface area (Å²) >= 11 is 1.42. The summed E-state index contributed by atoms with van der Waals surface area (Å²) in [6, 6.07) is 0. The standard InChI is InChI=1S/C16H25NO2S/c1-3-5-11-7-9-12(10-8-11)15-17-13(6-4-2)14(20-15)16(18)19/h11-12H,3-10H2,1-2H3,(H,18,19). The van der Waals surface area contributed by atoms with Gasteiger partial charge in [0.2, 0.25) is 0 Å². The molecule has 3 nitrogen and oxygen atoms in total. The van der Waals surface area contributed by atoms with Crippen LogP contribution in [0.15, 0.2) is 0 Å². The fraction of sp³-hybridized carbons (Fsp3) is 0.750. The van der Waals surface area contributed by atoms with Crippen molar-refractivity contribution in [3.05, 3.63) is 15.6 Å². The van der Waals surface area contributed by atoms with Gasteiger partial charge < -0.3 is 5.11 Å². The van der Waals surface area contributed by atoms with Gasteiger partial charge in [-0.25, -0.2) is 9.78 Å². The summed E-state index contributed by atoms with van der Waals surface area (Å²) in [7, 11) is 0. The number of carbonyl (C=O) groups is 1. The van der Waals surface area contributed by atoms with Crippen molar-refractivity contribution in [3.8, 4) is 0 Å². The molecule has 1 fully saturated rings. The van der Waals surface area contributed by atoms with Gasteiger partial charge in [0.1, 0.15) is 4.88 Å². The number of carboxylic acids is 1. The molecule has 0 spiro atoms. The molecule has 0 aromatic carbocycles. The highest BCUT2D eigenvalue weighted by Gasteiger charge is 2.26. The predicted molar refractivity (Wildman–Crippen MR) is 82.7 cm³/mol. The predicted octanol–water partition coefficient (Wildman–Crippen LogP) is 4.87. The molecule has 1 aliphatic carbocycles. The maximum Gasteiger partial charge on any atom is 0.347 e. The first-order chi connectivity index (χ1) is 9.65. The lowest BCUT2D eigenvalue weighted by atomic mass is 9.80. The number of hydrogen-bond acceptors (Lipinski definition) is 3. The fourth-order valence-corrected chi connectivity index (χ4v) is 4.34. The van der Waals surface area contributed by atoms with Crippen LogP contribution < -0.4 is 0 Å². The van der Waals surface area contributed by atoms with Gasteiger partial charge in [0.15, 0.2) is 0 Å². The van der Waals surface area contributed by atoms with Crippen LogP contribution >= 0.6 is 11.3 Å². The summed E-state index contributed by atoms with van der Waals surface area (Å²) < 4.78 is 0. The van der Waals surface area contributed by atoms with Crippen molar-refractivity contribution in [1.82, 2.24) is 4.98 Å². The Bertz CT molecular complexity index is 447. The third kappa shape index (κ3) is 3.60. The van der Waals surface area contributed by atoms with Crippen molar-refractivity contribution in [2.24, 2.45) is 5.92 Å². The van der Waals surface area contributed by atoms with E-state index in [-0.39, 0.29) is 0 Å². The molecule has 4 heteroatoms. The van der Waals surface area contributed by atoms with Gasteiger partial charge in [-0.15, -0.1) is 11.3 Å². The molecular formula is C16H25NO2S. The number of carboxylic acid groups (broad SMARTS) is 1. The largest absolute Gasteiger partial charge is 0.477 e. The molecule has 1 heterocycles. The van der Waals surface area contributed by atoms with Gasteiger partial charge in [-0.3, -0.25) is 0 Å². The molecule has 0 aliphatic heterocycles. The third-order valence-corrected chi connectivity index (χ3v) is 5.54. The van der Waals surface area contributed by atoms with Gasteiger partial charge in [0, 0.05) is 5.92 Å². The van der Waals surface area contributed by atoms with Crippen molar-refractivity contribution < 1.29 is 9.90 Å². The highest BCUT2D eigenvalue weighted by atomic mass is 32.1. The van der Waals surface area contributed by atoms with Crippen molar-refractivity contribution in [2.75, 3.05) is 0 Å². The fourth-order valence-electron chi connectivity index (χ4n) is 3.22. The van der Waals surface area contributed by atoms with Gasteiger partial charge in [-0.05, 0) is 38.0 Å². The zero-order chi connectivity index (χ0) is 14.5. The Labute approximate surface area is 125 Å². The number of thiazole rings is 1. The molecule has 1 aromatic heterocycles. The molecule has 0 bridgehead atoms. The Morgan fingerprint density at radius 2 is 1.95 bits per heavy atom. The second-order valence-electron chi connectivity index (χ2n) is 5.89. The smallest absolute Gasteiger partial charge is 0.347 e. The Morgan fingerprint density at radius 1 is 1.25 bits per heavy atom. The van der Waals surface area contributed by atoms with E-state index in [9.17, 15) is 9.90 Å². The Hall–Kier alpha value is -0.900. The highest BCUT2D eigenvalue weighted by Crippen LogP contribution is 2.39. The van der Waals surface area contributed by atoms with Crippen LogP contribution in [-0.2, 0) is 6.42 Å². The molecule has 1 aromatic rings. The molecular weight excluding hydrogens is 270 g/mol. The lowest BCUT2D eigenvalue weighted by Gasteiger charge is -2.26. The van der Waals surface area contributed by atoms with Gasteiger partial charge in [0.05, 0.1) is 10.7 Å². The number of hydrogen-bond donors (Lipinski definition) is 1. The van der Waals surface area contributed by atoms with Crippen molar-refractivity contribution >= 4 is 17.3 Å². The first-order valence-electron chi connectivity index (χ1n) is 7.88. The summed E-state index contributed by atoms with van der Waals surface area (Å²) in [5, 5.41) is 10.4. The lowest BCUT2D eigenvalue weighted by Crippen LogP contribution is -2.13. The summed E-state index contributed by atoms with van der Waals surface area (Å²) in [4.78, 5) is 16.4. The van der Waals surface area contributed by atoms with Gasteiger partial charge in [0.25, 0.3) is 0 Å². The Morgan fingerprint density at radius 3 is 2.50 bits per heavy atom. The van der Waals surface area contributed by atoms with E-state index in [0.29, 0.717) is 10.8 Å². The molecule has 0 unspecified atom stereocenters. The molecule has 0 radical (unpaired) electrons. The van der Waals surface area contributed by atoms with Gasteiger partial charge >= 0.3 is 5.97 Å². The highest BCUT2D eigenvalue weighted by molar-refractivity contribution is 7.13. The van der Waals surface area contributed by atoms with Gasteiger partial charge in [-0.1, -0.05) is 33.1 Å². The monoisotopic (exact) mass is 295 g/mol. The normalized spacial score (nSPS) is 22.9. The second kappa shape index (κ2) is 7.21. The maximum atomic E-state index is 11.3. The van der Waals surface area contributed by atoms with E-state index in [1.165, 1.54) is 49.9 Å². The van der Waals surface area contributed by atoms with E-state index < -0.39 is 5.97 Å². The van der Waals surface area contributed by atoms with Crippen LogP contribution in [0.1, 0.15) is 85.1 Å². The molecule has 20 heavy (non-hydrogen) atoms. The summed E-state index contributed by atoms with van der Waals surface area (Å²) in [6.45, 7) is 4.32. The molecule has 0 atom stereocenters. The third-order valence-electron chi connectivity index (χ3n) is 4.29. The number of aromatic carboxylic acids is 1. The van der Waals surface area contributed by atoms with E-state index in [1.807, 2.05) is 0 Å². The van der Waals surface area contributed by atoms with Crippen LogP contribution in [0.5, 0.6) is 0 Å². The quantitative estimate of drug-likeness (QED) is 0.814. The number of aromatic nitrogens is 1. The topological polar surface area (TPSA) is 50.2 Å². The van der Waals surface area contributed by atoms with Crippen LogP contribution in [0, 0.1) is 5.92 Å². The summed E-state index contributed by atoms with van der Waals surface area (Å²) in [5.74, 6) is 0.568. The Kier molecular flexibility index (Phi) is 5.58. The van der Waals surface area contributed by atoms with Crippen molar-refractivity contribution in [1.29, 1.82) is 0 Å². The van der Waals surface area contributed by atoms with Crippen LogP contribution in [-0.4, -0.2) is 16.1 Å². The molecule has 1 N–H and O–H groups in total. The van der Waals surface area contributed by atoms with E-state index in [4.69, 9.17) is 0 Å². The maximum absolute atomic E-state index is 11.3. The van der Waals surface area contributed by atoms with E-state index in [1.54, 1.807) is 0 Å². The minimum atomic E-state index is -0.808. The van der Waals surface area contributed by atoms with Crippen molar-refractivity contribution in [3.63, 3.8) is 0 Å². The minimum Gasteiger partial charge on any atom is -0.477 e. The average molecular weight is 295 g/mol. The van der Waals surface area contributed by atoms with E-state index in [0.717, 1.165) is 29.5 Å². The zero-order valence-electron chi connectivity index (χ0n) is 12.5. The number of nitrogens with zero attached hydrogens (tertiary/aromatic N) is 1. The van der Waals surface area contributed by atoms with Crippen molar-refractivity contribution in [2.45, 2.75) is 71.1 Å². The molecule has 1 saturated carbocycles. The Balaban J connectivity index is 2.06. The number of aryl methyl sites for hydroxylation is 1. The zero-order valence-corrected chi connectivity index (χ0v) is 13.3. The lowest BCUT2D eigenvalue weighted by molar-refractivity contribution is 0.0700.